The van der Waals surface area contributed by atoms with Gasteiger partial charge in [-0.25, -0.2) is 31.9 Å². The Labute approximate surface area is 161 Å². The number of aromatic nitrogens is 2. The number of benzene rings is 1. The van der Waals surface area contributed by atoms with Gasteiger partial charge in [-0.3, -0.25) is 0 Å². The van der Waals surface area contributed by atoms with Crippen molar-refractivity contribution in [2.45, 2.75) is 43.6 Å². The van der Waals surface area contributed by atoms with Crippen molar-refractivity contribution in [1.29, 1.82) is 0 Å². The third-order valence-corrected chi connectivity index (χ3v) is 5.77. The molecule has 0 atom stereocenters. The fourth-order valence-corrected chi connectivity index (χ4v) is 4.55. The summed E-state index contributed by atoms with van der Waals surface area (Å²) in [5.41, 5.74) is 0.0666. The summed E-state index contributed by atoms with van der Waals surface area (Å²) in [5, 5.41) is 0.415. The molecule has 0 amide bonds. The van der Waals surface area contributed by atoms with E-state index in [-0.39, 0.29) is 23.7 Å². The first-order valence-electron chi connectivity index (χ1n) is 8.38. The van der Waals surface area contributed by atoms with E-state index in [1.165, 1.54) is 12.4 Å². The lowest BCUT2D eigenvalue weighted by Gasteiger charge is -2.28. The van der Waals surface area contributed by atoms with Crippen molar-refractivity contribution in [2.75, 3.05) is 0 Å². The number of nitrogens with one attached hydrogen (secondary N) is 1. The Morgan fingerprint density at radius 2 is 1.67 bits per heavy atom. The maximum Gasteiger partial charge on any atom is 0.316 e. The summed E-state index contributed by atoms with van der Waals surface area (Å²) < 4.78 is 59.3. The second-order valence-electron chi connectivity index (χ2n) is 6.43. The van der Waals surface area contributed by atoms with Gasteiger partial charge in [-0.2, -0.15) is 0 Å². The lowest BCUT2D eigenvalue weighted by atomic mass is 9.94. The molecule has 0 saturated heterocycles. The minimum absolute atomic E-state index is 0.0666. The number of halogens is 3. The van der Waals surface area contributed by atoms with Gasteiger partial charge in [-0.1, -0.05) is 11.6 Å². The van der Waals surface area contributed by atoms with Crippen molar-refractivity contribution in [2.24, 2.45) is 0 Å². The van der Waals surface area contributed by atoms with Crippen LogP contribution in [0, 0.1) is 11.6 Å². The van der Waals surface area contributed by atoms with Crippen molar-refractivity contribution < 1.29 is 21.9 Å². The Hall–Kier alpha value is -1.84. The van der Waals surface area contributed by atoms with Crippen LogP contribution in [0.15, 0.2) is 30.6 Å². The SMILES string of the molecule is O=S(=O)(Cc1cc(F)cc(F)c1)NC1CCC(Oc2ncc(Cl)cn2)CC1. The number of hydrogen-bond donors (Lipinski definition) is 1. The maximum absolute atomic E-state index is 13.2. The zero-order valence-corrected chi connectivity index (χ0v) is 15.8. The molecule has 146 valence electrons. The standard InChI is InChI=1S/C17H18ClF2N3O3S/c18-12-8-21-17(22-9-12)26-16-3-1-15(2-4-16)23-27(24,25)10-11-5-13(19)7-14(20)6-11/h5-9,15-16,23H,1-4,10H2. The monoisotopic (exact) mass is 417 g/mol. The highest BCUT2D eigenvalue weighted by Crippen LogP contribution is 2.23. The van der Waals surface area contributed by atoms with E-state index in [4.69, 9.17) is 16.3 Å². The normalized spacial score (nSPS) is 20.4. The molecule has 0 aliphatic heterocycles. The Morgan fingerprint density at radius 1 is 1.07 bits per heavy atom. The van der Waals surface area contributed by atoms with E-state index in [1.807, 2.05) is 0 Å². The van der Waals surface area contributed by atoms with Crippen LogP contribution in [0.4, 0.5) is 8.78 Å². The van der Waals surface area contributed by atoms with E-state index in [9.17, 15) is 17.2 Å². The average Bonchev–Trinajstić information content (AvgIpc) is 2.57. The van der Waals surface area contributed by atoms with Crippen LogP contribution >= 0.6 is 11.6 Å². The second-order valence-corrected chi connectivity index (χ2v) is 8.62. The van der Waals surface area contributed by atoms with Gasteiger partial charge in [0.25, 0.3) is 0 Å². The quantitative estimate of drug-likeness (QED) is 0.780. The molecule has 0 spiro atoms. The molecule has 0 radical (unpaired) electrons. The van der Waals surface area contributed by atoms with Crippen LogP contribution in [0.1, 0.15) is 31.2 Å². The molecule has 2 aromatic rings. The van der Waals surface area contributed by atoms with Gasteiger partial charge >= 0.3 is 6.01 Å². The molecule has 1 saturated carbocycles. The third kappa shape index (κ3) is 6.08. The smallest absolute Gasteiger partial charge is 0.316 e. The summed E-state index contributed by atoms with van der Waals surface area (Å²) in [6.45, 7) is 0. The Morgan fingerprint density at radius 3 is 2.26 bits per heavy atom. The molecular weight excluding hydrogens is 400 g/mol. The van der Waals surface area contributed by atoms with Gasteiger partial charge in [-0.05, 0) is 43.4 Å². The third-order valence-electron chi connectivity index (χ3n) is 4.17. The summed E-state index contributed by atoms with van der Waals surface area (Å²) in [5.74, 6) is -2.08. The van der Waals surface area contributed by atoms with E-state index in [0.717, 1.165) is 12.1 Å². The van der Waals surface area contributed by atoms with Crippen LogP contribution in [0.3, 0.4) is 0 Å². The molecule has 1 aromatic heterocycles. The Balaban J connectivity index is 1.51. The van der Waals surface area contributed by atoms with Crippen LogP contribution in [-0.4, -0.2) is 30.5 Å². The minimum Gasteiger partial charge on any atom is -0.460 e. The molecule has 1 aliphatic rings. The molecule has 10 heteroatoms. The summed E-state index contributed by atoms with van der Waals surface area (Å²) >= 11 is 5.72. The van der Waals surface area contributed by atoms with Crippen LogP contribution in [0.25, 0.3) is 0 Å². The Kier molecular flexibility index (Phi) is 6.23. The maximum atomic E-state index is 13.2. The topological polar surface area (TPSA) is 81.2 Å². The lowest BCUT2D eigenvalue weighted by molar-refractivity contribution is 0.132. The van der Waals surface area contributed by atoms with Gasteiger partial charge in [0, 0.05) is 12.1 Å². The highest BCUT2D eigenvalue weighted by atomic mass is 35.5. The van der Waals surface area contributed by atoms with Crippen molar-refractivity contribution in [3.05, 3.63) is 52.8 Å². The van der Waals surface area contributed by atoms with E-state index in [0.29, 0.717) is 36.8 Å². The highest BCUT2D eigenvalue weighted by Gasteiger charge is 2.26. The predicted octanol–water partition coefficient (Wildman–Crippen LogP) is 3.22. The van der Waals surface area contributed by atoms with Crippen LogP contribution in [-0.2, 0) is 15.8 Å². The van der Waals surface area contributed by atoms with Gasteiger partial charge in [-0.15, -0.1) is 0 Å². The summed E-state index contributed by atoms with van der Waals surface area (Å²) in [7, 11) is -3.71. The molecule has 1 heterocycles. The summed E-state index contributed by atoms with van der Waals surface area (Å²) in [6.07, 6.45) is 5.20. The number of rotatable bonds is 6. The van der Waals surface area contributed by atoms with E-state index in [2.05, 4.69) is 14.7 Å². The highest BCUT2D eigenvalue weighted by molar-refractivity contribution is 7.88. The van der Waals surface area contributed by atoms with Gasteiger partial charge in [0.2, 0.25) is 10.0 Å². The largest absolute Gasteiger partial charge is 0.460 e. The van der Waals surface area contributed by atoms with Crippen molar-refractivity contribution >= 4 is 21.6 Å². The van der Waals surface area contributed by atoms with Gasteiger partial charge in [0.15, 0.2) is 0 Å². The number of ether oxygens (including phenoxy) is 1. The van der Waals surface area contributed by atoms with Crippen LogP contribution in [0.5, 0.6) is 6.01 Å². The fourth-order valence-electron chi connectivity index (χ4n) is 3.02. The summed E-state index contributed by atoms with van der Waals surface area (Å²) in [6, 6.07) is 2.71. The molecule has 1 fully saturated rings. The molecule has 0 bridgehead atoms. The molecule has 6 nitrogen and oxygen atoms in total. The molecule has 3 rings (SSSR count). The number of hydrogen-bond acceptors (Lipinski definition) is 5. The number of nitrogens with zero attached hydrogens (tertiary/aromatic N) is 2. The summed E-state index contributed by atoms with van der Waals surface area (Å²) in [4.78, 5) is 7.95. The van der Waals surface area contributed by atoms with Crippen LogP contribution < -0.4 is 9.46 Å². The van der Waals surface area contributed by atoms with Crippen LogP contribution in [0.2, 0.25) is 5.02 Å². The van der Waals surface area contributed by atoms with Crippen molar-refractivity contribution in [1.82, 2.24) is 14.7 Å². The molecule has 1 aromatic carbocycles. The Bertz CT molecular complexity index is 869. The lowest BCUT2D eigenvalue weighted by Crippen LogP contribution is -2.40. The molecule has 27 heavy (non-hydrogen) atoms. The first-order valence-corrected chi connectivity index (χ1v) is 10.4. The zero-order chi connectivity index (χ0) is 19.4. The van der Waals surface area contributed by atoms with Crippen molar-refractivity contribution in [3.8, 4) is 6.01 Å². The second kappa shape index (κ2) is 8.45. The average molecular weight is 418 g/mol. The first kappa shape index (κ1) is 19.9. The molecule has 1 aliphatic carbocycles. The number of sulfonamides is 1. The zero-order valence-electron chi connectivity index (χ0n) is 14.2. The molecular formula is C17H18ClF2N3O3S. The minimum atomic E-state index is -3.71. The first-order chi connectivity index (χ1) is 12.8. The fraction of sp³-hybridized carbons (Fsp3) is 0.412. The van der Waals surface area contributed by atoms with E-state index >= 15 is 0 Å². The van der Waals surface area contributed by atoms with E-state index in [1.54, 1.807) is 0 Å². The van der Waals surface area contributed by atoms with Crippen molar-refractivity contribution in [3.63, 3.8) is 0 Å². The van der Waals surface area contributed by atoms with E-state index < -0.39 is 27.4 Å². The molecule has 1 N–H and O–H groups in total. The van der Waals surface area contributed by atoms with Gasteiger partial charge in [0.05, 0.1) is 23.2 Å². The van der Waals surface area contributed by atoms with Gasteiger partial charge in [0.1, 0.15) is 17.7 Å². The van der Waals surface area contributed by atoms with Gasteiger partial charge < -0.3 is 4.74 Å². The predicted molar refractivity (Wildman–Crippen MR) is 95.8 cm³/mol. The molecule has 0 unspecified atom stereocenters.